The Kier molecular flexibility index (Phi) is 2.88. The van der Waals surface area contributed by atoms with Crippen LogP contribution in [0.3, 0.4) is 0 Å². The number of hydrogen-bond acceptors (Lipinski definition) is 4. The first-order chi connectivity index (χ1) is 13.9. The summed E-state index contributed by atoms with van der Waals surface area (Å²) >= 11 is 3.70. The zero-order valence-corrected chi connectivity index (χ0v) is 16.4. The van der Waals surface area contributed by atoms with Gasteiger partial charge in [-0.2, -0.15) is 4.57 Å². The Balaban J connectivity index is 1.53. The maximum Gasteiger partial charge on any atom is 0.272 e. The zero-order valence-electron chi connectivity index (χ0n) is 14.8. The number of benzene rings is 2. The van der Waals surface area contributed by atoms with Crippen molar-refractivity contribution in [3.63, 3.8) is 0 Å². The first kappa shape index (κ1) is 15.1. The molecule has 0 fully saturated rings. The fourth-order valence-electron chi connectivity index (χ4n) is 4.25. The molecule has 0 aliphatic carbocycles. The number of aromatic nitrogens is 2. The highest BCUT2D eigenvalue weighted by molar-refractivity contribution is 8.08. The van der Waals surface area contributed by atoms with Gasteiger partial charge in [-0.05, 0) is 30.3 Å². The quantitative estimate of drug-likeness (QED) is 0.423. The lowest BCUT2D eigenvalue weighted by Crippen LogP contribution is -2.40. The Morgan fingerprint density at radius 2 is 1.93 bits per heavy atom. The highest BCUT2D eigenvalue weighted by Gasteiger charge is 2.30. The first-order valence-electron chi connectivity index (χ1n) is 9.28. The number of hydrogen-bond donors (Lipinski definition) is 0. The van der Waals surface area contributed by atoms with Crippen molar-refractivity contribution in [2.24, 2.45) is 0 Å². The van der Waals surface area contributed by atoms with Gasteiger partial charge in [-0.1, -0.05) is 47.4 Å². The molecule has 4 aromatic rings. The van der Waals surface area contributed by atoms with E-state index < -0.39 is 0 Å². The molecule has 2 aromatic heterocycles. The smallest absolute Gasteiger partial charge is 0.272 e. The minimum absolute atomic E-state index is 0.880. The fourth-order valence-corrected chi connectivity index (χ4v) is 6.60. The number of thiazole rings is 1. The lowest BCUT2D eigenvalue weighted by molar-refractivity contribution is -0.643. The van der Waals surface area contributed by atoms with Crippen molar-refractivity contribution in [3.8, 4) is 10.6 Å². The average Bonchev–Trinajstić information content (AvgIpc) is 3.31. The minimum atomic E-state index is 0.880. The molecule has 0 saturated heterocycles. The third-order valence-electron chi connectivity index (χ3n) is 5.55. The Hall–Kier alpha value is -2.89. The van der Waals surface area contributed by atoms with Crippen LogP contribution in [-0.4, -0.2) is 4.98 Å². The molecular formula is C23H14N3S2+. The topological polar surface area (TPSA) is 20.0 Å². The van der Waals surface area contributed by atoms with Gasteiger partial charge >= 0.3 is 0 Å². The van der Waals surface area contributed by atoms with Gasteiger partial charge in [0.2, 0.25) is 5.52 Å². The molecule has 0 bridgehead atoms. The monoisotopic (exact) mass is 396 g/mol. The molecule has 0 saturated carbocycles. The largest absolute Gasteiger partial charge is 0.310 e. The van der Waals surface area contributed by atoms with Crippen LogP contribution in [-0.2, 0) is 6.54 Å². The van der Waals surface area contributed by atoms with Crippen molar-refractivity contribution in [1.82, 2.24) is 4.98 Å². The van der Waals surface area contributed by atoms with Crippen LogP contribution in [0.1, 0.15) is 5.69 Å². The lowest BCUT2D eigenvalue weighted by Gasteiger charge is -2.19. The Morgan fingerprint density at radius 1 is 1.04 bits per heavy atom. The van der Waals surface area contributed by atoms with Crippen molar-refractivity contribution in [1.29, 1.82) is 0 Å². The molecule has 3 aliphatic heterocycles. The van der Waals surface area contributed by atoms with Crippen LogP contribution in [0.25, 0.3) is 38.0 Å². The van der Waals surface area contributed by atoms with E-state index in [-0.39, 0.29) is 0 Å². The van der Waals surface area contributed by atoms with E-state index in [1.54, 1.807) is 0 Å². The summed E-state index contributed by atoms with van der Waals surface area (Å²) in [5.41, 5.74) is 4.87. The van der Waals surface area contributed by atoms with Gasteiger partial charge in [-0.3, -0.25) is 0 Å². The van der Waals surface area contributed by atoms with Gasteiger partial charge in [0.15, 0.2) is 6.54 Å². The van der Waals surface area contributed by atoms with E-state index >= 15 is 0 Å². The summed E-state index contributed by atoms with van der Waals surface area (Å²) in [5.74, 6) is 0. The van der Waals surface area contributed by atoms with Gasteiger partial charge in [-0.15, -0.1) is 0 Å². The Morgan fingerprint density at radius 3 is 2.93 bits per heavy atom. The number of para-hydroxylation sites is 2. The normalized spacial score (nSPS) is 15.6. The van der Waals surface area contributed by atoms with Crippen molar-refractivity contribution in [2.75, 3.05) is 4.90 Å². The predicted molar refractivity (Wildman–Crippen MR) is 116 cm³/mol. The minimum Gasteiger partial charge on any atom is -0.310 e. The summed E-state index contributed by atoms with van der Waals surface area (Å²) < 4.78 is 3.74. The van der Waals surface area contributed by atoms with Gasteiger partial charge in [0.1, 0.15) is 4.70 Å². The molecule has 5 heterocycles. The van der Waals surface area contributed by atoms with Crippen LogP contribution < -0.4 is 20.0 Å². The van der Waals surface area contributed by atoms with Crippen LogP contribution in [0.15, 0.2) is 65.7 Å². The Labute approximate surface area is 169 Å². The highest BCUT2D eigenvalue weighted by Crippen LogP contribution is 2.47. The Bertz CT molecular complexity index is 1480. The number of pyridine rings is 1. The summed E-state index contributed by atoms with van der Waals surface area (Å²) in [6.45, 7) is 0.880. The molecule has 0 amide bonds. The summed E-state index contributed by atoms with van der Waals surface area (Å²) in [4.78, 5) is 8.63. The standard InChI is InChI=1S/C23H14N3S2/c1-3-7-20-18(5-1)25-11-9-16-14(22(25)27-20)13-15-17(24-16)10-12-26-19-6-2-4-8-21(19)28-23(15)26/h1-11,13H,12H2/q+1. The first-order valence-corrected chi connectivity index (χ1v) is 10.9. The van der Waals surface area contributed by atoms with Crippen LogP contribution in [0.4, 0.5) is 5.69 Å². The second-order valence-electron chi connectivity index (χ2n) is 7.10. The van der Waals surface area contributed by atoms with Gasteiger partial charge in [0.05, 0.1) is 27.3 Å². The predicted octanol–water partition coefficient (Wildman–Crippen LogP) is 3.71. The average molecular weight is 397 g/mol. The van der Waals surface area contributed by atoms with Crippen molar-refractivity contribution in [3.05, 3.63) is 77.1 Å². The van der Waals surface area contributed by atoms with Crippen molar-refractivity contribution >= 4 is 56.2 Å². The van der Waals surface area contributed by atoms with Crippen LogP contribution in [0.2, 0.25) is 0 Å². The number of nitrogens with zero attached hydrogens (tertiary/aromatic N) is 3. The second kappa shape index (κ2) is 5.34. The van der Waals surface area contributed by atoms with E-state index in [2.05, 4.69) is 82.4 Å². The molecule has 5 heteroatoms. The van der Waals surface area contributed by atoms with E-state index in [0.29, 0.717) is 0 Å². The van der Waals surface area contributed by atoms with Crippen LogP contribution >= 0.6 is 23.1 Å². The third kappa shape index (κ3) is 1.90. The third-order valence-corrected chi connectivity index (χ3v) is 7.92. The van der Waals surface area contributed by atoms with E-state index in [9.17, 15) is 0 Å². The molecule has 0 spiro atoms. The molecule has 132 valence electrons. The number of thioether (sulfide) groups is 1. The molecule has 0 unspecified atom stereocenters. The summed E-state index contributed by atoms with van der Waals surface area (Å²) in [5, 5.41) is 4.88. The summed E-state index contributed by atoms with van der Waals surface area (Å²) in [6, 6.07) is 19.6. The van der Waals surface area contributed by atoms with Gasteiger partial charge in [0.25, 0.3) is 5.01 Å². The molecule has 0 atom stereocenters. The molecule has 3 aliphatic rings. The van der Waals surface area contributed by atoms with Crippen LogP contribution in [0.5, 0.6) is 0 Å². The number of anilines is 1. The summed E-state index contributed by atoms with van der Waals surface area (Å²) in [7, 11) is 0. The molecule has 2 aromatic carbocycles. The highest BCUT2D eigenvalue weighted by atomic mass is 32.2. The molecule has 0 N–H and O–H groups in total. The van der Waals surface area contributed by atoms with Gasteiger partial charge in [0, 0.05) is 28.5 Å². The fraction of sp³-hybridized carbons (Fsp3) is 0.0435. The van der Waals surface area contributed by atoms with E-state index in [1.807, 2.05) is 23.1 Å². The van der Waals surface area contributed by atoms with E-state index in [1.165, 1.54) is 41.6 Å². The van der Waals surface area contributed by atoms with Crippen molar-refractivity contribution in [2.45, 2.75) is 11.4 Å². The number of rotatable bonds is 0. The molecule has 3 nitrogen and oxygen atoms in total. The van der Waals surface area contributed by atoms with Crippen molar-refractivity contribution < 1.29 is 4.57 Å². The maximum atomic E-state index is 5.04. The van der Waals surface area contributed by atoms with Gasteiger partial charge in [-0.25, -0.2) is 4.98 Å². The SMILES string of the molecule is C1=CN2C(=c3cc4c(nc31)=CC[n+]1c-4sc3ccccc31)Sc1ccccc12. The lowest BCUT2D eigenvalue weighted by atomic mass is 10.1. The van der Waals surface area contributed by atoms with E-state index in [4.69, 9.17) is 4.98 Å². The molecular weight excluding hydrogens is 382 g/mol. The zero-order chi connectivity index (χ0) is 18.2. The second-order valence-corrected chi connectivity index (χ2v) is 9.17. The molecule has 0 radical (unpaired) electrons. The molecule has 28 heavy (non-hydrogen) atoms. The van der Waals surface area contributed by atoms with E-state index in [0.717, 1.165) is 17.6 Å². The summed E-state index contributed by atoms with van der Waals surface area (Å²) in [6.07, 6.45) is 6.55. The number of fused-ring (bicyclic) bond motifs is 9. The molecule has 7 rings (SSSR count). The van der Waals surface area contributed by atoms with Gasteiger partial charge < -0.3 is 4.90 Å². The van der Waals surface area contributed by atoms with Crippen LogP contribution in [0, 0.1) is 0 Å². The maximum absolute atomic E-state index is 5.04.